The number of carbonyl (C=O) groups excluding carboxylic acids is 1. The zero-order valence-corrected chi connectivity index (χ0v) is 13.0. The molecule has 0 spiro atoms. The van der Waals surface area contributed by atoms with Gasteiger partial charge in [-0.05, 0) is 43.0 Å². The third kappa shape index (κ3) is 3.68. The molecule has 5 heteroatoms. The van der Waals surface area contributed by atoms with Crippen LogP contribution in [0.15, 0.2) is 18.5 Å². The molecule has 1 heterocycles. The molecule has 112 valence electrons. The summed E-state index contributed by atoms with van der Waals surface area (Å²) in [6.45, 7) is 9.34. The van der Waals surface area contributed by atoms with E-state index in [2.05, 4.69) is 23.9 Å². The first-order chi connectivity index (χ1) is 10.0. The third-order valence-corrected chi connectivity index (χ3v) is 3.20. The maximum absolute atomic E-state index is 10.9. The highest BCUT2D eigenvalue weighted by molar-refractivity contribution is 5.76. The molecule has 0 fully saturated rings. The van der Waals surface area contributed by atoms with E-state index in [1.807, 2.05) is 30.7 Å². The smallest absolute Gasteiger partial charge is 0.164 e. The van der Waals surface area contributed by atoms with Crippen LogP contribution in [0.1, 0.15) is 41.2 Å². The average molecular weight is 287 g/mol. The molecular formula is C16H21N3O2. The van der Waals surface area contributed by atoms with E-state index in [1.165, 1.54) is 0 Å². The number of hydrogen-bond acceptors (Lipinski definition) is 4. The van der Waals surface area contributed by atoms with Crippen LogP contribution in [0.2, 0.25) is 0 Å². The lowest BCUT2D eigenvalue weighted by atomic mass is 10.1. The van der Waals surface area contributed by atoms with Crippen molar-refractivity contribution in [1.82, 2.24) is 14.8 Å². The summed E-state index contributed by atoms with van der Waals surface area (Å²) >= 11 is 0. The fourth-order valence-electron chi connectivity index (χ4n) is 2.31. The second kappa shape index (κ2) is 6.52. The van der Waals surface area contributed by atoms with Gasteiger partial charge in [-0.1, -0.05) is 13.8 Å². The maximum Gasteiger partial charge on any atom is 0.164 e. The van der Waals surface area contributed by atoms with Gasteiger partial charge in [0.05, 0.1) is 0 Å². The van der Waals surface area contributed by atoms with E-state index in [1.54, 1.807) is 6.33 Å². The fraction of sp³-hybridized carbons (Fsp3) is 0.438. The Labute approximate surface area is 125 Å². The van der Waals surface area contributed by atoms with E-state index in [9.17, 15) is 4.79 Å². The highest BCUT2D eigenvalue weighted by atomic mass is 16.5. The molecule has 1 aromatic heterocycles. The molecule has 2 rings (SSSR count). The second-order valence-electron chi connectivity index (χ2n) is 5.64. The van der Waals surface area contributed by atoms with Gasteiger partial charge in [-0.2, -0.15) is 5.10 Å². The zero-order chi connectivity index (χ0) is 15.4. The summed E-state index contributed by atoms with van der Waals surface area (Å²) in [6, 6.07) is 3.66. The van der Waals surface area contributed by atoms with E-state index in [-0.39, 0.29) is 0 Å². The van der Waals surface area contributed by atoms with E-state index < -0.39 is 0 Å². The minimum Gasteiger partial charge on any atom is -0.485 e. The van der Waals surface area contributed by atoms with Crippen molar-refractivity contribution in [3.63, 3.8) is 0 Å². The van der Waals surface area contributed by atoms with Crippen molar-refractivity contribution in [2.75, 3.05) is 0 Å². The van der Waals surface area contributed by atoms with Crippen LogP contribution in [-0.4, -0.2) is 21.1 Å². The molecule has 0 N–H and O–H groups in total. The fourth-order valence-corrected chi connectivity index (χ4v) is 2.31. The lowest BCUT2D eigenvalue weighted by Crippen LogP contribution is -2.12. The SMILES string of the molecule is Cc1cc(C=O)cc(C)c1OCc1ncnn1CC(C)C. The van der Waals surface area contributed by atoms with E-state index >= 15 is 0 Å². The van der Waals surface area contributed by atoms with Crippen molar-refractivity contribution in [3.05, 3.63) is 41.0 Å². The van der Waals surface area contributed by atoms with Crippen molar-refractivity contribution < 1.29 is 9.53 Å². The van der Waals surface area contributed by atoms with Crippen molar-refractivity contribution in [3.8, 4) is 5.75 Å². The topological polar surface area (TPSA) is 57.0 Å². The van der Waals surface area contributed by atoms with Crippen LogP contribution >= 0.6 is 0 Å². The first-order valence-corrected chi connectivity index (χ1v) is 7.07. The number of aldehydes is 1. The summed E-state index contributed by atoms with van der Waals surface area (Å²) in [7, 11) is 0. The maximum atomic E-state index is 10.9. The molecule has 21 heavy (non-hydrogen) atoms. The summed E-state index contributed by atoms with van der Waals surface area (Å²) in [6.07, 6.45) is 2.40. The highest BCUT2D eigenvalue weighted by Crippen LogP contribution is 2.25. The Morgan fingerprint density at radius 3 is 2.52 bits per heavy atom. The van der Waals surface area contributed by atoms with Crippen LogP contribution in [0.4, 0.5) is 0 Å². The average Bonchev–Trinajstić information content (AvgIpc) is 2.84. The number of benzene rings is 1. The highest BCUT2D eigenvalue weighted by Gasteiger charge is 2.10. The molecule has 5 nitrogen and oxygen atoms in total. The summed E-state index contributed by atoms with van der Waals surface area (Å²) in [4.78, 5) is 15.1. The Kier molecular flexibility index (Phi) is 4.73. The lowest BCUT2D eigenvalue weighted by Gasteiger charge is -2.13. The second-order valence-corrected chi connectivity index (χ2v) is 5.64. The number of hydrogen-bond donors (Lipinski definition) is 0. The van der Waals surface area contributed by atoms with Crippen LogP contribution < -0.4 is 4.74 Å². The van der Waals surface area contributed by atoms with Crippen LogP contribution in [-0.2, 0) is 13.2 Å². The Morgan fingerprint density at radius 2 is 1.95 bits per heavy atom. The van der Waals surface area contributed by atoms with Gasteiger partial charge in [0.15, 0.2) is 5.82 Å². The number of ether oxygens (including phenoxy) is 1. The molecule has 0 aliphatic heterocycles. The van der Waals surface area contributed by atoms with Crippen molar-refractivity contribution in [2.24, 2.45) is 5.92 Å². The minimum atomic E-state index is 0.370. The van der Waals surface area contributed by atoms with Crippen LogP contribution in [0.3, 0.4) is 0 Å². The molecule has 0 saturated heterocycles. The van der Waals surface area contributed by atoms with E-state index in [4.69, 9.17) is 4.74 Å². The molecule has 0 aliphatic rings. The van der Waals surface area contributed by atoms with Crippen LogP contribution in [0.25, 0.3) is 0 Å². The van der Waals surface area contributed by atoms with Gasteiger partial charge in [0.1, 0.15) is 25.0 Å². The molecular weight excluding hydrogens is 266 g/mol. The summed E-state index contributed by atoms with van der Waals surface area (Å²) in [5, 5.41) is 4.22. The number of nitrogens with zero attached hydrogens (tertiary/aromatic N) is 3. The third-order valence-electron chi connectivity index (χ3n) is 3.20. The van der Waals surface area contributed by atoms with Gasteiger partial charge in [0, 0.05) is 12.1 Å². The normalized spacial score (nSPS) is 10.9. The Hall–Kier alpha value is -2.17. The molecule has 2 aromatic rings. The molecule has 0 radical (unpaired) electrons. The van der Waals surface area contributed by atoms with Gasteiger partial charge >= 0.3 is 0 Å². The van der Waals surface area contributed by atoms with Gasteiger partial charge in [-0.15, -0.1) is 0 Å². The van der Waals surface area contributed by atoms with Crippen molar-refractivity contribution in [2.45, 2.75) is 40.8 Å². The number of rotatable bonds is 6. The van der Waals surface area contributed by atoms with Crippen LogP contribution in [0.5, 0.6) is 5.75 Å². The number of aryl methyl sites for hydroxylation is 2. The number of carbonyl (C=O) groups is 1. The standard InChI is InChI=1S/C16H21N3O2/c1-11(2)7-19-15(17-10-18-19)9-21-16-12(3)5-14(8-20)6-13(16)4/h5-6,8,10-11H,7,9H2,1-4H3. The first-order valence-electron chi connectivity index (χ1n) is 7.07. The quantitative estimate of drug-likeness (QED) is 0.766. The van der Waals surface area contributed by atoms with Gasteiger partial charge < -0.3 is 4.74 Å². The predicted molar refractivity (Wildman–Crippen MR) is 80.5 cm³/mol. The molecule has 1 aromatic carbocycles. The minimum absolute atomic E-state index is 0.370. The summed E-state index contributed by atoms with van der Waals surface area (Å²) in [5.41, 5.74) is 2.57. The monoisotopic (exact) mass is 287 g/mol. The zero-order valence-electron chi connectivity index (χ0n) is 13.0. The summed E-state index contributed by atoms with van der Waals surface area (Å²) in [5.74, 6) is 2.11. The molecule has 0 aliphatic carbocycles. The molecule has 0 atom stereocenters. The molecule has 0 unspecified atom stereocenters. The Bertz CT molecular complexity index is 609. The largest absolute Gasteiger partial charge is 0.485 e. The molecule has 0 bridgehead atoms. The Balaban J connectivity index is 2.14. The Morgan fingerprint density at radius 1 is 1.29 bits per heavy atom. The van der Waals surface area contributed by atoms with Crippen molar-refractivity contribution in [1.29, 1.82) is 0 Å². The summed E-state index contributed by atoms with van der Waals surface area (Å²) < 4.78 is 7.76. The van der Waals surface area contributed by atoms with Crippen molar-refractivity contribution >= 4 is 6.29 Å². The molecule has 0 saturated carbocycles. The van der Waals surface area contributed by atoms with E-state index in [0.29, 0.717) is 18.1 Å². The number of aromatic nitrogens is 3. The lowest BCUT2D eigenvalue weighted by molar-refractivity contribution is 0.112. The molecule has 0 amide bonds. The predicted octanol–water partition coefficient (Wildman–Crippen LogP) is 2.94. The first kappa shape index (κ1) is 15.2. The van der Waals surface area contributed by atoms with Crippen LogP contribution in [0, 0.1) is 19.8 Å². The van der Waals surface area contributed by atoms with Gasteiger partial charge in [-0.3, -0.25) is 4.79 Å². The van der Waals surface area contributed by atoms with Gasteiger partial charge in [0.2, 0.25) is 0 Å². The van der Waals surface area contributed by atoms with Gasteiger partial charge in [0.25, 0.3) is 0 Å². The van der Waals surface area contributed by atoms with Gasteiger partial charge in [-0.25, -0.2) is 9.67 Å². The van der Waals surface area contributed by atoms with E-state index in [0.717, 1.165) is 35.5 Å².